The zero-order valence-electron chi connectivity index (χ0n) is 14.0. The van der Waals surface area contributed by atoms with Gasteiger partial charge in [0.05, 0.1) is 6.42 Å². The van der Waals surface area contributed by atoms with Crippen molar-refractivity contribution in [1.82, 2.24) is 4.90 Å². The van der Waals surface area contributed by atoms with Crippen LogP contribution in [-0.4, -0.2) is 40.8 Å². The standard InChI is InChI=1S/C18H25NO4/c1-18(2,3)23-17(22)19-9-7-14(8-10-19)15-6-4-5-13(11-15)12-16(20)21/h4-6,11,14H,7-10,12H2,1-3H3,(H,20,21). The van der Waals surface area contributed by atoms with Crippen LogP contribution >= 0.6 is 0 Å². The van der Waals surface area contributed by atoms with Gasteiger partial charge in [-0.3, -0.25) is 4.79 Å². The van der Waals surface area contributed by atoms with Gasteiger partial charge in [-0.05, 0) is 50.7 Å². The maximum absolute atomic E-state index is 12.1. The van der Waals surface area contributed by atoms with Crippen molar-refractivity contribution in [1.29, 1.82) is 0 Å². The lowest BCUT2D eigenvalue weighted by atomic mass is 9.88. The highest BCUT2D eigenvalue weighted by molar-refractivity contribution is 5.70. The quantitative estimate of drug-likeness (QED) is 0.927. The van der Waals surface area contributed by atoms with Crippen LogP contribution in [0.4, 0.5) is 4.79 Å². The van der Waals surface area contributed by atoms with Gasteiger partial charge in [-0.25, -0.2) is 4.79 Å². The molecule has 0 radical (unpaired) electrons. The molecule has 0 aliphatic carbocycles. The Morgan fingerprint density at radius 2 is 1.91 bits per heavy atom. The van der Waals surface area contributed by atoms with Gasteiger partial charge in [0.1, 0.15) is 5.60 Å². The van der Waals surface area contributed by atoms with Gasteiger partial charge in [0, 0.05) is 13.1 Å². The molecule has 0 aromatic heterocycles. The molecule has 5 heteroatoms. The van der Waals surface area contributed by atoms with Crippen LogP contribution in [-0.2, 0) is 16.0 Å². The lowest BCUT2D eigenvalue weighted by molar-refractivity contribution is -0.136. The highest BCUT2D eigenvalue weighted by Gasteiger charge is 2.27. The zero-order valence-corrected chi connectivity index (χ0v) is 14.0. The molecule has 1 amide bonds. The maximum atomic E-state index is 12.1. The van der Waals surface area contributed by atoms with Gasteiger partial charge in [-0.1, -0.05) is 24.3 Å². The number of carbonyl (C=O) groups excluding carboxylic acids is 1. The summed E-state index contributed by atoms with van der Waals surface area (Å²) in [7, 11) is 0. The molecule has 1 aromatic rings. The topological polar surface area (TPSA) is 66.8 Å². The van der Waals surface area contributed by atoms with Crippen LogP contribution in [0.5, 0.6) is 0 Å². The normalized spacial score (nSPS) is 16.2. The monoisotopic (exact) mass is 319 g/mol. The molecule has 0 spiro atoms. The number of nitrogens with zero attached hydrogens (tertiary/aromatic N) is 1. The molecule has 2 rings (SSSR count). The molecule has 1 N–H and O–H groups in total. The summed E-state index contributed by atoms with van der Waals surface area (Å²) < 4.78 is 5.40. The van der Waals surface area contributed by atoms with Gasteiger partial charge >= 0.3 is 12.1 Å². The van der Waals surface area contributed by atoms with Crippen LogP contribution < -0.4 is 0 Å². The van der Waals surface area contributed by atoms with E-state index in [0.29, 0.717) is 19.0 Å². The highest BCUT2D eigenvalue weighted by Crippen LogP contribution is 2.29. The van der Waals surface area contributed by atoms with Gasteiger partial charge in [0.2, 0.25) is 0 Å². The van der Waals surface area contributed by atoms with Crippen LogP contribution in [0.1, 0.15) is 50.7 Å². The molecule has 5 nitrogen and oxygen atoms in total. The minimum Gasteiger partial charge on any atom is -0.481 e. The van der Waals surface area contributed by atoms with Crippen molar-refractivity contribution in [2.75, 3.05) is 13.1 Å². The number of ether oxygens (including phenoxy) is 1. The van der Waals surface area contributed by atoms with Crippen molar-refractivity contribution in [3.63, 3.8) is 0 Å². The molecular formula is C18H25NO4. The predicted molar refractivity (Wildman–Crippen MR) is 87.6 cm³/mol. The number of carboxylic acids is 1. The van der Waals surface area contributed by atoms with Crippen LogP contribution in [0.2, 0.25) is 0 Å². The van der Waals surface area contributed by atoms with E-state index in [1.165, 1.54) is 0 Å². The Kier molecular flexibility index (Phi) is 5.29. The molecule has 126 valence electrons. The molecule has 0 saturated carbocycles. The molecule has 0 bridgehead atoms. The third-order valence-corrected chi connectivity index (χ3v) is 3.92. The molecule has 1 aliphatic heterocycles. The Morgan fingerprint density at radius 3 is 2.48 bits per heavy atom. The summed E-state index contributed by atoms with van der Waals surface area (Å²) in [5, 5.41) is 8.90. The third-order valence-electron chi connectivity index (χ3n) is 3.92. The van der Waals surface area contributed by atoms with Crippen LogP contribution in [0.15, 0.2) is 24.3 Å². The maximum Gasteiger partial charge on any atom is 0.410 e. The van der Waals surface area contributed by atoms with Crippen LogP contribution in [0.25, 0.3) is 0 Å². The van der Waals surface area contributed by atoms with Gasteiger partial charge in [-0.15, -0.1) is 0 Å². The smallest absolute Gasteiger partial charge is 0.410 e. The van der Waals surface area contributed by atoms with E-state index in [4.69, 9.17) is 9.84 Å². The lowest BCUT2D eigenvalue weighted by Gasteiger charge is -2.33. The fourth-order valence-corrected chi connectivity index (χ4v) is 2.85. The van der Waals surface area contributed by atoms with Crippen molar-refractivity contribution in [2.24, 2.45) is 0 Å². The first-order valence-electron chi connectivity index (χ1n) is 8.03. The molecule has 1 fully saturated rings. The second-order valence-corrected chi connectivity index (χ2v) is 7.06. The number of benzene rings is 1. The molecule has 1 aromatic carbocycles. The number of carboxylic acid groups (broad SMARTS) is 1. The lowest BCUT2D eigenvalue weighted by Crippen LogP contribution is -2.41. The van der Waals surface area contributed by atoms with Gasteiger partial charge < -0.3 is 14.7 Å². The molecule has 0 atom stereocenters. The van der Waals surface area contributed by atoms with Crippen LogP contribution in [0.3, 0.4) is 0 Å². The number of rotatable bonds is 3. The van der Waals surface area contributed by atoms with Crippen molar-refractivity contribution in [3.8, 4) is 0 Å². The summed E-state index contributed by atoms with van der Waals surface area (Å²) in [5.41, 5.74) is 1.51. The molecule has 1 saturated heterocycles. The SMILES string of the molecule is CC(C)(C)OC(=O)N1CCC(c2cccc(CC(=O)O)c2)CC1. The van der Waals surface area contributed by atoms with E-state index in [1.54, 1.807) is 4.90 Å². The van der Waals surface area contributed by atoms with Gasteiger partial charge in [0.15, 0.2) is 0 Å². The first-order valence-corrected chi connectivity index (χ1v) is 8.03. The number of aliphatic carboxylic acids is 1. The second-order valence-electron chi connectivity index (χ2n) is 7.06. The van der Waals surface area contributed by atoms with Gasteiger partial charge in [0.25, 0.3) is 0 Å². The first kappa shape index (κ1) is 17.3. The average molecular weight is 319 g/mol. The summed E-state index contributed by atoms with van der Waals surface area (Å²) in [6, 6.07) is 7.77. The van der Waals surface area contributed by atoms with Crippen molar-refractivity contribution < 1.29 is 19.4 Å². The number of amides is 1. The predicted octanol–water partition coefficient (Wildman–Crippen LogP) is 3.43. The highest BCUT2D eigenvalue weighted by atomic mass is 16.6. The van der Waals surface area contributed by atoms with Crippen molar-refractivity contribution in [2.45, 2.75) is 51.6 Å². The Labute approximate surface area is 137 Å². The molecule has 1 aliphatic rings. The second kappa shape index (κ2) is 7.02. The Hall–Kier alpha value is -2.04. The van der Waals surface area contributed by atoms with E-state index < -0.39 is 11.6 Å². The zero-order chi connectivity index (χ0) is 17.0. The summed E-state index contributed by atoms with van der Waals surface area (Å²) in [6.07, 6.45) is 1.53. The average Bonchev–Trinajstić information content (AvgIpc) is 2.45. The number of hydrogen-bond acceptors (Lipinski definition) is 3. The van der Waals surface area contributed by atoms with Crippen molar-refractivity contribution >= 4 is 12.1 Å². The third kappa shape index (κ3) is 5.27. The largest absolute Gasteiger partial charge is 0.481 e. The van der Waals surface area contributed by atoms with E-state index >= 15 is 0 Å². The van der Waals surface area contributed by atoms with E-state index in [2.05, 4.69) is 0 Å². The van der Waals surface area contributed by atoms with E-state index in [-0.39, 0.29) is 12.5 Å². The summed E-state index contributed by atoms with van der Waals surface area (Å²) >= 11 is 0. The van der Waals surface area contributed by atoms with Crippen LogP contribution in [0, 0.1) is 0 Å². The number of piperidine rings is 1. The first-order chi connectivity index (χ1) is 10.7. The van der Waals surface area contributed by atoms with E-state index in [1.807, 2.05) is 45.0 Å². The molecule has 0 unspecified atom stereocenters. The summed E-state index contributed by atoms with van der Waals surface area (Å²) in [6.45, 7) is 6.94. The fourth-order valence-electron chi connectivity index (χ4n) is 2.85. The van der Waals surface area contributed by atoms with E-state index in [0.717, 1.165) is 24.0 Å². The fraction of sp³-hybridized carbons (Fsp3) is 0.556. The number of hydrogen-bond donors (Lipinski definition) is 1. The summed E-state index contributed by atoms with van der Waals surface area (Å²) in [5.74, 6) is -0.454. The Morgan fingerprint density at radius 1 is 1.26 bits per heavy atom. The molecule has 1 heterocycles. The van der Waals surface area contributed by atoms with Crippen molar-refractivity contribution in [3.05, 3.63) is 35.4 Å². The molecule has 23 heavy (non-hydrogen) atoms. The minimum absolute atomic E-state index is 0.0462. The molecular weight excluding hydrogens is 294 g/mol. The Balaban J connectivity index is 1.94. The number of carbonyl (C=O) groups is 2. The number of likely N-dealkylation sites (tertiary alicyclic amines) is 1. The van der Waals surface area contributed by atoms with Gasteiger partial charge in [-0.2, -0.15) is 0 Å². The minimum atomic E-state index is -0.818. The Bertz CT molecular complexity index is 569. The summed E-state index contributed by atoms with van der Waals surface area (Å²) in [4.78, 5) is 24.7. The van der Waals surface area contributed by atoms with E-state index in [9.17, 15) is 9.59 Å².